The summed E-state index contributed by atoms with van der Waals surface area (Å²) < 4.78 is 5.40. The maximum absolute atomic E-state index is 11.3. The Balaban J connectivity index is 2.15. The van der Waals surface area contributed by atoms with E-state index < -0.39 is 5.60 Å². The molecule has 1 aliphatic carbocycles. The molecule has 0 unspecified atom stereocenters. The molecule has 0 amide bonds. The second-order valence-electron chi connectivity index (χ2n) is 5.46. The largest absolute Gasteiger partial charge is 0.457 e. The van der Waals surface area contributed by atoms with Crippen LogP contribution in [0.4, 0.5) is 0 Å². The highest BCUT2D eigenvalue weighted by atomic mass is 16.5. The zero-order valence-corrected chi connectivity index (χ0v) is 11.2. The average Bonchev–Trinajstić information content (AvgIpc) is 3.17. The van der Waals surface area contributed by atoms with Crippen molar-refractivity contribution in [3.05, 3.63) is 35.9 Å². The molecule has 2 rings (SSSR count). The van der Waals surface area contributed by atoms with Crippen molar-refractivity contribution in [2.45, 2.75) is 32.0 Å². The van der Waals surface area contributed by atoms with E-state index in [0.717, 1.165) is 12.0 Å². The number of rotatable bonds is 5. The van der Waals surface area contributed by atoms with Crippen molar-refractivity contribution in [2.75, 3.05) is 6.61 Å². The first-order chi connectivity index (χ1) is 8.95. The summed E-state index contributed by atoms with van der Waals surface area (Å²) in [5.41, 5.74) is -0.184. The molecule has 0 bridgehead atoms. The van der Waals surface area contributed by atoms with Crippen molar-refractivity contribution < 1.29 is 19.7 Å². The average molecular weight is 264 g/mol. The first-order valence-corrected chi connectivity index (χ1v) is 6.51. The van der Waals surface area contributed by atoms with Gasteiger partial charge < -0.3 is 14.9 Å². The number of hydrogen-bond donors (Lipinski definition) is 2. The normalized spacial score (nSPS) is 26.3. The second-order valence-corrected chi connectivity index (χ2v) is 5.46. The molecule has 4 atom stereocenters. The van der Waals surface area contributed by atoms with Gasteiger partial charge in [-0.25, -0.2) is 0 Å². The smallest absolute Gasteiger partial charge is 0.303 e. The maximum Gasteiger partial charge on any atom is 0.303 e. The molecule has 4 nitrogen and oxygen atoms in total. The summed E-state index contributed by atoms with van der Waals surface area (Å²) in [6.07, 6.45) is 0.405. The highest BCUT2D eigenvalue weighted by molar-refractivity contribution is 5.66. The molecule has 104 valence electrons. The Morgan fingerprint density at radius 3 is 2.63 bits per heavy atom. The lowest BCUT2D eigenvalue weighted by Crippen LogP contribution is -2.33. The van der Waals surface area contributed by atoms with Crippen molar-refractivity contribution in [1.82, 2.24) is 0 Å². The van der Waals surface area contributed by atoms with Crippen molar-refractivity contribution in [3.63, 3.8) is 0 Å². The van der Waals surface area contributed by atoms with E-state index in [1.807, 2.05) is 30.3 Å². The number of carbonyl (C=O) groups is 1. The maximum atomic E-state index is 11.3. The second kappa shape index (κ2) is 5.31. The summed E-state index contributed by atoms with van der Waals surface area (Å²) >= 11 is 0. The van der Waals surface area contributed by atoms with Gasteiger partial charge in [0.2, 0.25) is 0 Å². The van der Waals surface area contributed by atoms with Crippen LogP contribution in [-0.2, 0) is 9.53 Å². The van der Waals surface area contributed by atoms with Crippen molar-refractivity contribution in [1.29, 1.82) is 0 Å². The molecule has 4 heteroatoms. The van der Waals surface area contributed by atoms with Crippen LogP contribution in [0.3, 0.4) is 0 Å². The fourth-order valence-corrected chi connectivity index (χ4v) is 2.61. The van der Waals surface area contributed by atoms with Gasteiger partial charge in [0.25, 0.3) is 0 Å². The summed E-state index contributed by atoms with van der Waals surface area (Å²) in [5, 5.41) is 19.3. The molecular formula is C15H20O4. The Kier molecular flexibility index (Phi) is 3.92. The molecule has 1 saturated carbocycles. The molecule has 2 N–H and O–H groups in total. The highest BCUT2D eigenvalue weighted by Gasteiger charge is 2.54. The molecule has 0 radical (unpaired) electrons. The van der Waals surface area contributed by atoms with E-state index in [4.69, 9.17) is 4.74 Å². The minimum absolute atomic E-state index is 0.0398. The van der Waals surface area contributed by atoms with Crippen LogP contribution >= 0.6 is 0 Å². The highest BCUT2D eigenvalue weighted by Crippen LogP contribution is 2.54. The van der Waals surface area contributed by atoms with Crippen molar-refractivity contribution in [2.24, 2.45) is 11.8 Å². The molecule has 1 aliphatic rings. The Hall–Kier alpha value is -1.39. The van der Waals surface area contributed by atoms with Crippen molar-refractivity contribution in [3.8, 4) is 0 Å². The summed E-state index contributed by atoms with van der Waals surface area (Å²) in [6.45, 7) is 2.72. The van der Waals surface area contributed by atoms with E-state index in [1.54, 1.807) is 6.92 Å². The van der Waals surface area contributed by atoms with E-state index in [1.165, 1.54) is 6.92 Å². The van der Waals surface area contributed by atoms with Gasteiger partial charge in [-0.15, -0.1) is 0 Å². The Bertz CT molecular complexity index is 441. The predicted molar refractivity (Wildman–Crippen MR) is 70.3 cm³/mol. The minimum atomic E-state index is -1.11. The van der Waals surface area contributed by atoms with E-state index in [2.05, 4.69) is 0 Å². The van der Waals surface area contributed by atoms with E-state index in [9.17, 15) is 15.0 Å². The summed E-state index contributed by atoms with van der Waals surface area (Å²) in [6, 6.07) is 9.52. The number of carbonyl (C=O) groups excluding carboxylic acids is 1. The Labute approximate surface area is 113 Å². The van der Waals surface area contributed by atoms with Gasteiger partial charge in [-0.3, -0.25) is 4.79 Å². The van der Waals surface area contributed by atoms with E-state index >= 15 is 0 Å². The lowest BCUT2D eigenvalue weighted by atomic mass is 9.96. The van der Waals surface area contributed by atoms with Gasteiger partial charge in [0.1, 0.15) is 6.10 Å². The predicted octanol–water partition coefficient (Wildman–Crippen LogP) is 1.67. The van der Waals surface area contributed by atoms with Gasteiger partial charge in [0, 0.05) is 12.8 Å². The number of hydrogen-bond acceptors (Lipinski definition) is 4. The van der Waals surface area contributed by atoms with Crippen molar-refractivity contribution >= 4 is 5.97 Å². The number of benzene rings is 1. The monoisotopic (exact) mass is 264 g/mol. The zero-order valence-electron chi connectivity index (χ0n) is 11.2. The van der Waals surface area contributed by atoms with Gasteiger partial charge in [-0.05, 0) is 24.8 Å². The molecule has 0 heterocycles. The molecule has 0 saturated heterocycles. The fourth-order valence-electron chi connectivity index (χ4n) is 2.61. The van der Waals surface area contributed by atoms with Crippen LogP contribution in [0.15, 0.2) is 30.3 Å². The third-order valence-electron chi connectivity index (χ3n) is 3.77. The van der Waals surface area contributed by atoms with Gasteiger partial charge in [0.15, 0.2) is 0 Å². The molecule has 0 spiro atoms. The topological polar surface area (TPSA) is 66.8 Å². The van der Waals surface area contributed by atoms with Crippen LogP contribution < -0.4 is 0 Å². The summed E-state index contributed by atoms with van der Waals surface area (Å²) in [5.74, 6) is -0.307. The van der Waals surface area contributed by atoms with Crippen LogP contribution in [-0.4, -0.2) is 28.4 Å². The number of aliphatic hydroxyl groups excluding tert-OH is 1. The summed E-state index contributed by atoms with van der Waals surface area (Å²) in [4.78, 5) is 11.3. The van der Waals surface area contributed by atoms with Gasteiger partial charge >= 0.3 is 5.97 Å². The Morgan fingerprint density at radius 2 is 2.11 bits per heavy atom. The molecule has 19 heavy (non-hydrogen) atoms. The lowest BCUT2D eigenvalue weighted by molar-refractivity contribution is -0.148. The molecule has 0 aromatic heterocycles. The molecule has 1 aromatic carbocycles. The zero-order chi connectivity index (χ0) is 14.0. The molecular weight excluding hydrogens is 244 g/mol. The SMILES string of the molecule is CC(=O)O[C@H](c1ccccc1)[C@@H]1C[C@@H]1[C@](C)(O)CO. The fraction of sp³-hybridized carbons (Fsp3) is 0.533. The van der Waals surface area contributed by atoms with E-state index in [-0.39, 0.29) is 30.5 Å². The van der Waals surface area contributed by atoms with Gasteiger partial charge in [-0.2, -0.15) is 0 Å². The van der Waals surface area contributed by atoms with Crippen LogP contribution in [0.1, 0.15) is 31.9 Å². The number of ether oxygens (including phenoxy) is 1. The lowest BCUT2D eigenvalue weighted by Gasteiger charge is -2.23. The third kappa shape index (κ3) is 3.14. The first kappa shape index (κ1) is 14.0. The molecule has 1 fully saturated rings. The van der Waals surface area contributed by atoms with Gasteiger partial charge in [0.05, 0.1) is 12.2 Å². The van der Waals surface area contributed by atoms with E-state index in [0.29, 0.717) is 0 Å². The summed E-state index contributed by atoms with van der Waals surface area (Å²) in [7, 11) is 0. The van der Waals surface area contributed by atoms with Gasteiger partial charge in [-0.1, -0.05) is 30.3 Å². The Morgan fingerprint density at radius 1 is 1.47 bits per heavy atom. The molecule has 0 aliphatic heterocycles. The van der Waals surface area contributed by atoms with Crippen LogP contribution in [0.5, 0.6) is 0 Å². The van der Waals surface area contributed by atoms with Crippen LogP contribution in [0, 0.1) is 11.8 Å². The number of aliphatic hydroxyl groups is 2. The van der Waals surface area contributed by atoms with Crippen LogP contribution in [0.2, 0.25) is 0 Å². The molecule has 1 aromatic rings. The van der Waals surface area contributed by atoms with Crippen LogP contribution in [0.25, 0.3) is 0 Å². The first-order valence-electron chi connectivity index (χ1n) is 6.51. The standard InChI is InChI=1S/C15H20O4/c1-10(17)19-14(11-6-4-3-5-7-11)12-8-13(12)15(2,18)9-16/h3-7,12-14,16,18H,8-9H2,1-2H3/t12-,13+,14-,15-/m1/s1. The third-order valence-corrected chi connectivity index (χ3v) is 3.77. The minimum Gasteiger partial charge on any atom is -0.457 e. The quantitative estimate of drug-likeness (QED) is 0.794. The number of esters is 1.